The lowest BCUT2D eigenvalue weighted by atomic mass is 9.97. The number of rotatable bonds is 3. The molecule has 1 aromatic rings. The third-order valence-corrected chi connectivity index (χ3v) is 4.69. The van der Waals surface area contributed by atoms with E-state index in [1.807, 2.05) is 25.1 Å². The monoisotopic (exact) mass is 306 g/mol. The van der Waals surface area contributed by atoms with E-state index in [0.717, 1.165) is 44.1 Å². The molecule has 1 unspecified atom stereocenters. The van der Waals surface area contributed by atoms with Crippen molar-refractivity contribution in [3.8, 4) is 0 Å². The smallest absolute Gasteiger partial charge is 0.144 e. The summed E-state index contributed by atoms with van der Waals surface area (Å²) in [5.41, 5.74) is 1.07. The van der Waals surface area contributed by atoms with Gasteiger partial charge >= 0.3 is 0 Å². The van der Waals surface area contributed by atoms with Gasteiger partial charge in [-0.2, -0.15) is 0 Å². The predicted octanol–water partition coefficient (Wildman–Crippen LogP) is 1.41. The van der Waals surface area contributed by atoms with Crippen molar-refractivity contribution in [3.05, 3.63) is 29.8 Å². The van der Waals surface area contributed by atoms with Gasteiger partial charge in [0.25, 0.3) is 0 Å². The van der Waals surface area contributed by atoms with E-state index in [2.05, 4.69) is 22.8 Å². The number of anilines is 1. The zero-order valence-electron chi connectivity index (χ0n) is 13.5. The second-order valence-corrected chi connectivity index (χ2v) is 6.25. The first-order chi connectivity index (χ1) is 10.6. The highest BCUT2D eigenvalue weighted by molar-refractivity contribution is 5.56. The third kappa shape index (κ3) is 2.99. The van der Waals surface area contributed by atoms with Crippen molar-refractivity contribution in [2.45, 2.75) is 25.6 Å². The lowest BCUT2D eigenvalue weighted by Gasteiger charge is -2.45. The SMILES string of the molecule is C[C@H]1COCCN1C(C)(O)c1ccccc1N1CCOCC1. The normalized spacial score (nSPS) is 26.7. The Balaban J connectivity index is 1.92. The van der Waals surface area contributed by atoms with Crippen LogP contribution in [0.3, 0.4) is 0 Å². The summed E-state index contributed by atoms with van der Waals surface area (Å²) in [7, 11) is 0. The number of nitrogens with zero attached hydrogens (tertiary/aromatic N) is 2. The average Bonchev–Trinajstić information content (AvgIpc) is 2.56. The molecule has 3 rings (SSSR count). The highest BCUT2D eigenvalue weighted by atomic mass is 16.5. The third-order valence-electron chi connectivity index (χ3n) is 4.69. The fourth-order valence-corrected chi connectivity index (χ4v) is 3.48. The molecule has 122 valence electrons. The highest BCUT2D eigenvalue weighted by Gasteiger charge is 2.38. The molecule has 0 saturated carbocycles. The van der Waals surface area contributed by atoms with E-state index in [4.69, 9.17) is 9.47 Å². The maximum atomic E-state index is 11.3. The molecule has 2 saturated heterocycles. The van der Waals surface area contributed by atoms with Crippen molar-refractivity contribution in [2.24, 2.45) is 0 Å². The van der Waals surface area contributed by atoms with E-state index in [9.17, 15) is 5.11 Å². The van der Waals surface area contributed by atoms with Gasteiger partial charge in [0.1, 0.15) is 5.72 Å². The molecule has 2 aliphatic rings. The molecule has 5 heteroatoms. The largest absolute Gasteiger partial charge is 0.379 e. The van der Waals surface area contributed by atoms with Crippen molar-refractivity contribution in [3.63, 3.8) is 0 Å². The van der Waals surface area contributed by atoms with Gasteiger partial charge in [-0.05, 0) is 19.9 Å². The highest BCUT2D eigenvalue weighted by Crippen LogP contribution is 2.35. The second kappa shape index (κ2) is 6.54. The number of aliphatic hydroxyl groups is 1. The van der Waals surface area contributed by atoms with Crippen LogP contribution in [0.15, 0.2) is 24.3 Å². The van der Waals surface area contributed by atoms with Gasteiger partial charge in [0, 0.05) is 36.9 Å². The summed E-state index contributed by atoms with van der Waals surface area (Å²) in [6.07, 6.45) is 0. The van der Waals surface area contributed by atoms with Gasteiger partial charge in [0.2, 0.25) is 0 Å². The van der Waals surface area contributed by atoms with Gasteiger partial charge in [-0.1, -0.05) is 18.2 Å². The molecule has 2 fully saturated rings. The second-order valence-electron chi connectivity index (χ2n) is 6.25. The van der Waals surface area contributed by atoms with Gasteiger partial charge in [-0.15, -0.1) is 0 Å². The van der Waals surface area contributed by atoms with Crippen LogP contribution in [-0.4, -0.2) is 62.1 Å². The summed E-state index contributed by atoms with van der Waals surface area (Å²) in [6.45, 7) is 9.28. The van der Waals surface area contributed by atoms with Gasteiger partial charge < -0.3 is 19.5 Å². The van der Waals surface area contributed by atoms with Gasteiger partial charge in [-0.3, -0.25) is 4.90 Å². The zero-order valence-corrected chi connectivity index (χ0v) is 13.5. The van der Waals surface area contributed by atoms with Crippen LogP contribution in [0.5, 0.6) is 0 Å². The zero-order chi connectivity index (χ0) is 15.6. The van der Waals surface area contributed by atoms with Crippen molar-refractivity contribution in [2.75, 3.05) is 51.0 Å². The molecule has 2 atom stereocenters. The topological polar surface area (TPSA) is 45.2 Å². The fourth-order valence-electron chi connectivity index (χ4n) is 3.48. The number of ether oxygens (including phenoxy) is 2. The molecule has 0 radical (unpaired) electrons. The van der Waals surface area contributed by atoms with E-state index < -0.39 is 5.72 Å². The Morgan fingerprint density at radius 1 is 1.09 bits per heavy atom. The molecule has 2 heterocycles. The van der Waals surface area contributed by atoms with Crippen molar-refractivity contribution in [1.82, 2.24) is 4.90 Å². The number of morpholine rings is 2. The van der Waals surface area contributed by atoms with E-state index in [-0.39, 0.29) is 6.04 Å². The van der Waals surface area contributed by atoms with Crippen LogP contribution in [0.1, 0.15) is 19.4 Å². The van der Waals surface area contributed by atoms with Crippen LogP contribution in [0, 0.1) is 0 Å². The van der Waals surface area contributed by atoms with Crippen molar-refractivity contribution in [1.29, 1.82) is 0 Å². The molecular weight excluding hydrogens is 280 g/mol. The number of hydrogen-bond acceptors (Lipinski definition) is 5. The Kier molecular flexibility index (Phi) is 4.68. The Bertz CT molecular complexity index is 500. The first-order valence-corrected chi connectivity index (χ1v) is 8.10. The van der Waals surface area contributed by atoms with E-state index in [0.29, 0.717) is 13.2 Å². The molecule has 5 nitrogen and oxygen atoms in total. The maximum Gasteiger partial charge on any atom is 0.144 e. The molecule has 0 aliphatic carbocycles. The molecule has 22 heavy (non-hydrogen) atoms. The molecule has 1 aromatic carbocycles. The molecule has 0 bridgehead atoms. The summed E-state index contributed by atoms with van der Waals surface area (Å²) in [4.78, 5) is 4.44. The Labute approximate surface area is 132 Å². The van der Waals surface area contributed by atoms with E-state index in [1.165, 1.54) is 0 Å². The van der Waals surface area contributed by atoms with Gasteiger partial charge in [-0.25, -0.2) is 0 Å². The van der Waals surface area contributed by atoms with E-state index in [1.54, 1.807) is 0 Å². The molecule has 0 amide bonds. The Morgan fingerprint density at radius 2 is 1.77 bits per heavy atom. The average molecular weight is 306 g/mol. The van der Waals surface area contributed by atoms with Gasteiger partial charge in [0.15, 0.2) is 0 Å². The van der Waals surface area contributed by atoms with E-state index >= 15 is 0 Å². The fraction of sp³-hybridized carbons (Fsp3) is 0.647. The lowest BCUT2D eigenvalue weighted by molar-refractivity contribution is -0.158. The number of hydrogen-bond donors (Lipinski definition) is 1. The summed E-state index contributed by atoms with van der Waals surface area (Å²) in [6, 6.07) is 8.36. The van der Waals surface area contributed by atoms with Crippen LogP contribution in [0.2, 0.25) is 0 Å². The molecular formula is C17H26N2O3. The first kappa shape index (κ1) is 15.7. The van der Waals surface area contributed by atoms with Crippen LogP contribution < -0.4 is 4.90 Å². The number of para-hydroxylation sites is 1. The standard InChI is InChI=1S/C17H26N2O3/c1-14-13-22-12-9-19(14)17(2,20)15-5-3-4-6-16(15)18-7-10-21-11-8-18/h3-6,14,20H,7-13H2,1-2H3/t14-,17?/m0/s1. The van der Waals surface area contributed by atoms with Crippen LogP contribution in [0.25, 0.3) is 0 Å². The van der Waals surface area contributed by atoms with Crippen LogP contribution in [0.4, 0.5) is 5.69 Å². The lowest BCUT2D eigenvalue weighted by Crippen LogP contribution is -2.55. The molecule has 1 N–H and O–H groups in total. The minimum atomic E-state index is -1.00. The van der Waals surface area contributed by atoms with Crippen molar-refractivity contribution < 1.29 is 14.6 Å². The Morgan fingerprint density at radius 3 is 2.50 bits per heavy atom. The predicted molar refractivity (Wildman–Crippen MR) is 86.0 cm³/mol. The van der Waals surface area contributed by atoms with Crippen LogP contribution in [-0.2, 0) is 15.2 Å². The summed E-state index contributed by atoms with van der Waals surface area (Å²) >= 11 is 0. The molecule has 2 aliphatic heterocycles. The van der Waals surface area contributed by atoms with Gasteiger partial charge in [0.05, 0.1) is 26.4 Å². The van der Waals surface area contributed by atoms with Crippen LogP contribution >= 0.6 is 0 Å². The first-order valence-electron chi connectivity index (χ1n) is 8.10. The summed E-state index contributed by atoms with van der Waals surface area (Å²) in [5.74, 6) is 0. The minimum Gasteiger partial charge on any atom is -0.379 e. The molecule has 0 spiro atoms. The molecule has 0 aromatic heterocycles. The summed E-state index contributed by atoms with van der Waals surface area (Å²) in [5, 5.41) is 11.3. The Hall–Kier alpha value is -1.14. The number of benzene rings is 1. The quantitative estimate of drug-likeness (QED) is 0.915. The minimum absolute atomic E-state index is 0.196. The van der Waals surface area contributed by atoms with Crippen molar-refractivity contribution >= 4 is 5.69 Å². The summed E-state index contributed by atoms with van der Waals surface area (Å²) < 4.78 is 11.0. The maximum absolute atomic E-state index is 11.3.